The van der Waals surface area contributed by atoms with Crippen molar-refractivity contribution in [3.8, 4) is 0 Å². The molecule has 0 spiro atoms. The highest BCUT2D eigenvalue weighted by molar-refractivity contribution is 5.95. The molecule has 7 heteroatoms. The Kier molecular flexibility index (Phi) is 4.51. The van der Waals surface area contributed by atoms with Crippen LogP contribution in [0.5, 0.6) is 0 Å². The molecule has 1 aromatic rings. The maximum Gasteiger partial charge on any atom is 0.433 e. The summed E-state index contributed by atoms with van der Waals surface area (Å²) in [6, 6.07) is 2.14. The van der Waals surface area contributed by atoms with Gasteiger partial charge >= 0.3 is 6.18 Å². The van der Waals surface area contributed by atoms with E-state index in [-0.39, 0.29) is 29.2 Å². The third kappa shape index (κ3) is 3.72. The third-order valence-electron chi connectivity index (χ3n) is 3.70. The summed E-state index contributed by atoms with van der Waals surface area (Å²) < 4.78 is 37.7. The van der Waals surface area contributed by atoms with E-state index in [1.54, 1.807) is 0 Å². The summed E-state index contributed by atoms with van der Waals surface area (Å²) in [6.07, 6.45) is -2.69. The molecule has 0 aromatic carbocycles. The zero-order valence-corrected chi connectivity index (χ0v) is 11.9. The van der Waals surface area contributed by atoms with Gasteiger partial charge in [0.15, 0.2) is 0 Å². The van der Waals surface area contributed by atoms with Crippen molar-refractivity contribution in [2.75, 3.05) is 6.54 Å². The van der Waals surface area contributed by atoms with Crippen LogP contribution in [0.1, 0.15) is 41.5 Å². The average molecular weight is 301 g/mol. The second kappa shape index (κ2) is 6.01. The quantitative estimate of drug-likeness (QED) is 0.881. The lowest BCUT2D eigenvalue weighted by Gasteiger charge is -2.30. The minimum Gasteiger partial charge on any atom is -0.348 e. The monoisotopic (exact) mass is 301 g/mol. The van der Waals surface area contributed by atoms with E-state index in [0.717, 1.165) is 25.5 Å². The molecule has 0 saturated carbocycles. The Morgan fingerprint density at radius 3 is 2.71 bits per heavy atom. The first-order valence-corrected chi connectivity index (χ1v) is 6.88. The lowest BCUT2D eigenvalue weighted by molar-refractivity contribution is -0.141. The Bertz CT molecular complexity index is 531. The summed E-state index contributed by atoms with van der Waals surface area (Å²) >= 11 is 0. The van der Waals surface area contributed by atoms with Crippen molar-refractivity contribution >= 4 is 5.91 Å². The second-order valence-electron chi connectivity index (χ2n) is 5.29. The second-order valence-corrected chi connectivity index (χ2v) is 5.29. The Morgan fingerprint density at radius 2 is 2.14 bits per heavy atom. The van der Waals surface area contributed by atoms with Crippen molar-refractivity contribution in [1.82, 2.24) is 15.6 Å². The van der Waals surface area contributed by atoms with Gasteiger partial charge in [0, 0.05) is 12.1 Å². The fourth-order valence-corrected chi connectivity index (χ4v) is 2.45. The van der Waals surface area contributed by atoms with Gasteiger partial charge in [-0.1, -0.05) is 0 Å². The van der Waals surface area contributed by atoms with E-state index in [0.29, 0.717) is 0 Å². The molecule has 4 nitrogen and oxygen atoms in total. The maximum atomic E-state index is 12.6. The number of rotatable bonds is 2. The van der Waals surface area contributed by atoms with Crippen LogP contribution in [0.3, 0.4) is 0 Å². The first-order chi connectivity index (χ1) is 9.79. The molecule has 0 radical (unpaired) electrons. The van der Waals surface area contributed by atoms with Gasteiger partial charge in [-0.05, 0) is 45.4 Å². The van der Waals surface area contributed by atoms with Crippen molar-refractivity contribution in [2.45, 2.75) is 44.9 Å². The first-order valence-electron chi connectivity index (χ1n) is 6.88. The lowest BCUT2D eigenvalue weighted by Crippen LogP contribution is -2.52. The van der Waals surface area contributed by atoms with Crippen LogP contribution >= 0.6 is 0 Å². The molecule has 116 valence electrons. The van der Waals surface area contributed by atoms with E-state index in [9.17, 15) is 18.0 Å². The molecule has 1 saturated heterocycles. The van der Waals surface area contributed by atoms with Crippen LogP contribution in [-0.4, -0.2) is 29.5 Å². The number of nitrogens with zero attached hydrogens (tertiary/aromatic N) is 1. The summed E-state index contributed by atoms with van der Waals surface area (Å²) in [6.45, 7) is 4.29. The molecular weight excluding hydrogens is 283 g/mol. The molecule has 1 aromatic heterocycles. The van der Waals surface area contributed by atoms with Gasteiger partial charge in [-0.15, -0.1) is 0 Å². The van der Waals surface area contributed by atoms with Gasteiger partial charge in [-0.3, -0.25) is 4.79 Å². The zero-order chi connectivity index (χ0) is 15.6. The van der Waals surface area contributed by atoms with Crippen molar-refractivity contribution < 1.29 is 18.0 Å². The molecule has 2 heterocycles. The number of aromatic nitrogens is 1. The van der Waals surface area contributed by atoms with E-state index in [1.165, 1.54) is 13.0 Å². The van der Waals surface area contributed by atoms with Gasteiger partial charge in [0.1, 0.15) is 5.69 Å². The number of halogens is 3. The molecule has 0 aliphatic carbocycles. The highest BCUT2D eigenvalue weighted by atomic mass is 19.4. The topological polar surface area (TPSA) is 54.0 Å². The van der Waals surface area contributed by atoms with E-state index in [1.807, 2.05) is 6.92 Å². The Balaban J connectivity index is 2.12. The maximum absolute atomic E-state index is 12.6. The van der Waals surface area contributed by atoms with Crippen LogP contribution in [0, 0.1) is 6.92 Å². The van der Waals surface area contributed by atoms with Gasteiger partial charge in [0.05, 0.1) is 11.3 Å². The van der Waals surface area contributed by atoms with Gasteiger partial charge in [0.25, 0.3) is 5.91 Å². The van der Waals surface area contributed by atoms with Crippen LogP contribution in [0.15, 0.2) is 12.1 Å². The summed E-state index contributed by atoms with van der Waals surface area (Å²) in [5, 5.41) is 6.11. The predicted molar refractivity (Wildman–Crippen MR) is 71.9 cm³/mol. The van der Waals surface area contributed by atoms with Crippen LogP contribution in [0.4, 0.5) is 13.2 Å². The smallest absolute Gasteiger partial charge is 0.348 e. The van der Waals surface area contributed by atoms with E-state index >= 15 is 0 Å². The number of amides is 1. The molecular formula is C14H18F3N3O. The number of hydrogen-bond acceptors (Lipinski definition) is 3. The van der Waals surface area contributed by atoms with E-state index in [4.69, 9.17) is 0 Å². The lowest BCUT2D eigenvalue weighted by atomic mass is 9.99. The number of carbonyl (C=O) groups is 1. The van der Waals surface area contributed by atoms with Gasteiger partial charge < -0.3 is 10.6 Å². The zero-order valence-electron chi connectivity index (χ0n) is 11.9. The number of pyridine rings is 1. The number of nitrogens with one attached hydrogen (secondary N) is 2. The van der Waals surface area contributed by atoms with Crippen LogP contribution in [0.2, 0.25) is 0 Å². The number of aryl methyl sites for hydroxylation is 1. The highest BCUT2D eigenvalue weighted by Gasteiger charge is 2.33. The highest BCUT2D eigenvalue weighted by Crippen LogP contribution is 2.28. The predicted octanol–water partition coefficient (Wildman–Crippen LogP) is 2.28. The van der Waals surface area contributed by atoms with Crippen molar-refractivity contribution in [2.24, 2.45) is 0 Å². The van der Waals surface area contributed by atoms with Gasteiger partial charge in [-0.2, -0.15) is 13.2 Å². The Hall–Kier alpha value is -1.63. The summed E-state index contributed by atoms with van der Waals surface area (Å²) in [5.41, 5.74) is -0.719. The minimum absolute atomic E-state index is 0.0204. The van der Waals surface area contributed by atoms with Crippen molar-refractivity contribution in [1.29, 1.82) is 0 Å². The molecule has 2 rings (SSSR count). The van der Waals surface area contributed by atoms with Crippen molar-refractivity contribution in [3.63, 3.8) is 0 Å². The van der Waals surface area contributed by atoms with Crippen LogP contribution in [-0.2, 0) is 6.18 Å². The Labute approximate surface area is 121 Å². The molecule has 21 heavy (non-hydrogen) atoms. The fraction of sp³-hybridized carbons (Fsp3) is 0.571. The molecule has 2 atom stereocenters. The molecule has 1 aliphatic heterocycles. The molecule has 1 aliphatic rings. The summed E-state index contributed by atoms with van der Waals surface area (Å²) in [4.78, 5) is 15.7. The number of piperidine rings is 1. The third-order valence-corrected chi connectivity index (χ3v) is 3.70. The molecule has 2 N–H and O–H groups in total. The Morgan fingerprint density at radius 1 is 1.43 bits per heavy atom. The minimum atomic E-state index is -4.50. The molecule has 0 bridgehead atoms. The summed E-state index contributed by atoms with van der Waals surface area (Å²) in [7, 11) is 0. The largest absolute Gasteiger partial charge is 0.433 e. The SMILES string of the molecule is Cc1nc(C(F)(F)F)ccc1C(=O)NC1CCCNC1C. The van der Waals surface area contributed by atoms with Crippen molar-refractivity contribution in [3.05, 3.63) is 29.1 Å². The fourth-order valence-electron chi connectivity index (χ4n) is 2.45. The van der Waals surface area contributed by atoms with Crippen LogP contribution < -0.4 is 10.6 Å². The first kappa shape index (κ1) is 15.8. The average Bonchev–Trinajstić information content (AvgIpc) is 2.40. The molecule has 1 amide bonds. The number of alkyl halides is 3. The number of carbonyl (C=O) groups excluding carboxylic acids is 1. The molecule has 1 fully saturated rings. The summed E-state index contributed by atoms with van der Waals surface area (Å²) in [5.74, 6) is -0.380. The standard InChI is InChI=1S/C14H18F3N3O/c1-8-10(5-6-12(19-8)14(15,16)17)13(21)20-11-4-3-7-18-9(11)2/h5-6,9,11,18H,3-4,7H2,1-2H3,(H,20,21). The van der Waals surface area contributed by atoms with Gasteiger partial charge in [-0.25, -0.2) is 4.98 Å². The van der Waals surface area contributed by atoms with E-state index < -0.39 is 11.9 Å². The molecule has 2 unspecified atom stereocenters. The van der Waals surface area contributed by atoms with E-state index in [2.05, 4.69) is 15.6 Å². The number of hydrogen-bond donors (Lipinski definition) is 2. The van der Waals surface area contributed by atoms with Crippen LogP contribution in [0.25, 0.3) is 0 Å². The normalized spacial score (nSPS) is 22.9. The van der Waals surface area contributed by atoms with Gasteiger partial charge in [0.2, 0.25) is 0 Å².